The fourth-order valence-corrected chi connectivity index (χ4v) is 3.12. The van der Waals surface area contributed by atoms with Crippen LogP contribution in [-0.2, 0) is 25.6 Å². The monoisotopic (exact) mass is 372 g/mol. The van der Waals surface area contributed by atoms with Crippen molar-refractivity contribution in [1.29, 1.82) is 0 Å². The summed E-state index contributed by atoms with van der Waals surface area (Å²) >= 11 is 0. The molecule has 1 aliphatic heterocycles. The van der Waals surface area contributed by atoms with E-state index in [2.05, 4.69) is 0 Å². The normalized spacial score (nSPS) is 25.1. The van der Waals surface area contributed by atoms with Crippen LogP contribution in [0, 0.1) is 0 Å². The molecule has 1 fully saturated rings. The van der Waals surface area contributed by atoms with Gasteiger partial charge in [0.05, 0.1) is 25.4 Å². The number of methoxy groups -OCH3 is 2. The molecule has 3 rings (SSSR count). The molecule has 1 N–H and O–H groups in total. The Morgan fingerprint density at radius 3 is 2.44 bits per heavy atom. The van der Waals surface area contributed by atoms with Crippen LogP contribution in [0.1, 0.15) is 34.0 Å². The molecule has 1 aliphatic rings. The smallest absolute Gasteiger partial charge is 0.337 e. The maximum Gasteiger partial charge on any atom is 0.337 e. The summed E-state index contributed by atoms with van der Waals surface area (Å²) in [7, 11) is 2.90. The second-order valence-corrected chi connectivity index (χ2v) is 6.40. The van der Waals surface area contributed by atoms with Gasteiger partial charge in [-0.25, -0.2) is 4.79 Å². The first-order valence-corrected chi connectivity index (χ1v) is 8.82. The molecule has 6 heteroatoms. The maximum absolute atomic E-state index is 11.6. The summed E-state index contributed by atoms with van der Waals surface area (Å²) < 4.78 is 21.9. The number of benzene rings is 2. The molecule has 0 spiro atoms. The summed E-state index contributed by atoms with van der Waals surface area (Å²) in [5.41, 5.74) is 2.21. The molecule has 4 atom stereocenters. The van der Waals surface area contributed by atoms with Gasteiger partial charge in [-0.3, -0.25) is 0 Å². The van der Waals surface area contributed by atoms with Gasteiger partial charge in [-0.15, -0.1) is 0 Å². The molecule has 0 saturated carbocycles. The minimum atomic E-state index is -0.857. The Morgan fingerprint density at radius 1 is 1.11 bits per heavy atom. The molecule has 0 aliphatic carbocycles. The van der Waals surface area contributed by atoms with Gasteiger partial charge in [0, 0.05) is 13.5 Å². The number of aliphatic hydroxyl groups is 1. The van der Waals surface area contributed by atoms with Crippen LogP contribution in [0.15, 0.2) is 54.6 Å². The predicted molar refractivity (Wildman–Crippen MR) is 98.0 cm³/mol. The lowest BCUT2D eigenvalue weighted by Gasteiger charge is -2.38. The minimum absolute atomic E-state index is 0.396. The van der Waals surface area contributed by atoms with Gasteiger partial charge >= 0.3 is 5.97 Å². The van der Waals surface area contributed by atoms with E-state index in [1.165, 1.54) is 7.11 Å². The van der Waals surface area contributed by atoms with Crippen LogP contribution < -0.4 is 0 Å². The second kappa shape index (κ2) is 9.10. The zero-order valence-electron chi connectivity index (χ0n) is 15.4. The highest BCUT2D eigenvalue weighted by molar-refractivity contribution is 5.89. The van der Waals surface area contributed by atoms with Gasteiger partial charge in [0.1, 0.15) is 12.2 Å². The van der Waals surface area contributed by atoms with Crippen LogP contribution in [0.25, 0.3) is 0 Å². The lowest BCUT2D eigenvalue weighted by atomic mass is 9.94. The van der Waals surface area contributed by atoms with Crippen LogP contribution >= 0.6 is 0 Å². The molecular formula is C21H24O6. The van der Waals surface area contributed by atoms with Crippen molar-refractivity contribution in [3.8, 4) is 0 Å². The fraction of sp³-hybridized carbons (Fsp3) is 0.381. The van der Waals surface area contributed by atoms with Crippen molar-refractivity contribution in [2.45, 2.75) is 37.6 Å². The molecule has 144 valence electrons. The van der Waals surface area contributed by atoms with E-state index in [9.17, 15) is 9.90 Å². The molecule has 0 amide bonds. The van der Waals surface area contributed by atoms with Crippen LogP contribution in [0.2, 0.25) is 0 Å². The number of carbonyl (C=O) groups is 1. The third kappa shape index (κ3) is 4.73. The van der Waals surface area contributed by atoms with Gasteiger partial charge in [0.25, 0.3) is 0 Å². The van der Waals surface area contributed by atoms with E-state index >= 15 is 0 Å². The van der Waals surface area contributed by atoms with Gasteiger partial charge in [-0.05, 0) is 23.3 Å². The van der Waals surface area contributed by atoms with Crippen molar-refractivity contribution in [2.24, 2.45) is 0 Å². The average molecular weight is 372 g/mol. The van der Waals surface area contributed by atoms with Gasteiger partial charge < -0.3 is 24.1 Å². The van der Waals surface area contributed by atoms with E-state index in [0.717, 1.165) is 11.1 Å². The molecule has 1 saturated heterocycles. The summed E-state index contributed by atoms with van der Waals surface area (Å²) in [5.74, 6) is -0.412. The zero-order chi connectivity index (χ0) is 19.2. The highest BCUT2D eigenvalue weighted by Gasteiger charge is 2.39. The number of hydrogen-bond acceptors (Lipinski definition) is 6. The highest BCUT2D eigenvalue weighted by atomic mass is 16.7. The number of ether oxygens (including phenoxy) is 4. The third-order valence-corrected chi connectivity index (χ3v) is 4.64. The average Bonchev–Trinajstić information content (AvgIpc) is 2.73. The topological polar surface area (TPSA) is 74.2 Å². The molecule has 2 aromatic carbocycles. The molecular weight excluding hydrogens is 348 g/mol. The Bertz CT molecular complexity index is 730. The molecule has 1 heterocycles. The van der Waals surface area contributed by atoms with E-state index in [0.29, 0.717) is 18.6 Å². The van der Waals surface area contributed by atoms with E-state index in [1.54, 1.807) is 31.4 Å². The van der Waals surface area contributed by atoms with Gasteiger partial charge in [-0.1, -0.05) is 42.5 Å². The summed E-state index contributed by atoms with van der Waals surface area (Å²) in [6.07, 6.45) is -1.96. The van der Waals surface area contributed by atoms with E-state index in [4.69, 9.17) is 18.9 Å². The quantitative estimate of drug-likeness (QED) is 0.786. The van der Waals surface area contributed by atoms with Gasteiger partial charge in [0.15, 0.2) is 6.29 Å². The summed E-state index contributed by atoms with van der Waals surface area (Å²) in [6, 6.07) is 16.6. The molecule has 2 aromatic rings. The van der Waals surface area contributed by atoms with Crippen LogP contribution in [-0.4, -0.2) is 43.8 Å². The highest BCUT2D eigenvalue weighted by Crippen LogP contribution is 2.34. The largest absolute Gasteiger partial charge is 0.465 e. The Morgan fingerprint density at radius 2 is 1.81 bits per heavy atom. The van der Waals surface area contributed by atoms with E-state index in [1.807, 2.05) is 30.3 Å². The van der Waals surface area contributed by atoms with Crippen molar-refractivity contribution in [3.63, 3.8) is 0 Å². The summed E-state index contributed by atoms with van der Waals surface area (Å²) in [4.78, 5) is 11.6. The summed E-state index contributed by atoms with van der Waals surface area (Å²) in [5, 5.41) is 10.8. The number of hydrogen-bond donors (Lipinski definition) is 1. The van der Waals surface area contributed by atoms with E-state index < -0.39 is 30.6 Å². The molecule has 0 bridgehead atoms. The van der Waals surface area contributed by atoms with Crippen LogP contribution in [0.4, 0.5) is 0 Å². The van der Waals surface area contributed by atoms with E-state index in [-0.39, 0.29) is 0 Å². The molecule has 0 radical (unpaired) electrons. The first-order valence-electron chi connectivity index (χ1n) is 8.82. The third-order valence-electron chi connectivity index (χ3n) is 4.64. The van der Waals surface area contributed by atoms with Crippen molar-refractivity contribution >= 4 is 5.97 Å². The number of carbonyl (C=O) groups excluding carboxylic acids is 1. The fourth-order valence-electron chi connectivity index (χ4n) is 3.12. The zero-order valence-corrected chi connectivity index (χ0v) is 15.4. The number of rotatable bonds is 6. The standard InChI is InChI=1S/C21H24O6/c1-24-18-12-17(26-13-14-6-4-3-5-7-14)19(22)20(27-18)15-8-10-16(11-9-15)21(23)25-2/h3-11,17-20,22H,12-13H2,1-2H3/t17-,18-,19+,20-/m1/s1. The van der Waals surface area contributed by atoms with Gasteiger partial charge in [-0.2, -0.15) is 0 Å². The van der Waals surface area contributed by atoms with Crippen molar-refractivity contribution in [2.75, 3.05) is 14.2 Å². The predicted octanol–water partition coefficient (Wildman–Crippen LogP) is 2.85. The van der Waals surface area contributed by atoms with Crippen molar-refractivity contribution in [3.05, 3.63) is 71.3 Å². The lowest BCUT2D eigenvalue weighted by molar-refractivity contribution is -0.254. The molecule has 0 unspecified atom stereocenters. The minimum Gasteiger partial charge on any atom is -0.465 e. The van der Waals surface area contributed by atoms with Gasteiger partial charge in [0.2, 0.25) is 0 Å². The lowest BCUT2D eigenvalue weighted by Crippen LogP contribution is -2.45. The SMILES string of the molecule is COC(=O)c1ccc([C@H]2O[C@@H](OC)C[C@@H](OCc3ccccc3)[C@@H]2O)cc1. The first kappa shape index (κ1) is 19.5. The Kier molecular flexibility index (Phi) is 6.58. The van der Waals surface area contributed by atoms with Crippen LogP contribution in [0.5, 0.6) is 0 Å². The summed E-state index contributed by atoms with van der Waals surface area (Å²) in [6.45, 7) is 0.396. The second-order valence-electron chi connectivity index (χ2n) is 6.40. The first-order chi connectivity index (χ1) is 13.1. The number of aliphatic hydroxyl groups excluding tert-OH is 1. The molecule has 6 nitrogen and oxygen atoms in total. The Labute approximate surface area is 158 Å². The Balaban J connectivity index is 1.73. The molecule has 27 heavy (non-hydrogen) atoms. The van der Waals surface area contributed by atoms with Crippen molar-refractivity contribution < 1.29 is 28.8 Å². The maximum atomic E-state index is 11.6. The van der Waals surface area contributed by atoms with Crippen LogP contribution in [0.3, 0.4) is 0 Å². The Hall–Kier alpha value is -2.25. The molecule has 0 aromatic heterocycles. The van der Waals surface area contributed by atoms with Crippen molar-refractivity contribution in [1.82, 2.24) is 0 Å². The number of esters is 1.